The van der Waals surface area contributed by atoms with Crippen LogP contribution in [0, 0.1) is 0 Å². The molecule has 0 heterocycles. The molecule has 0 radical (unpaired) electrons. The van der Waals surface area contributed by atoms with Crippen LogP contribution >= 0.6 is 0 Å². The Morgan fingerprint density at radius 1 is 0.500 bits per heavy atom. The third-order valence-corrected chi connectivity index (χ3v) is 7.69. The van der Waals surface area contributed by atoms with Gasteiger partial charge in [0.15, 0.2) is 5.79 Å². The van der Waals surface area contributed by atoms with E-state index in [9.17, 15) is 0 Å². The van der Waals surface area contributed by atoms with E-state index < -0.39 is 5.79 Å². The molecule has 4 nitrogen and oxygen atoms in total. The minimum absolute atomic E-state index is 0.123. The van der Waals surface area contributed by atoms with Gasteiger partial charge in [-0.25, -0.2) is 0 Å². The van der Waals surface area contributed by atoms with Gasteiger partial charge < -0.3 is 20.9 Å². The van der Waals surface area contributed by atoms with E-state index in [0.29, 0.717) is 13.0 Å². The monoisotopic (exact) mass is 513 g/mol. The highest BCUT2D eigenvalue weighted by Gasteiger charge is 2.37. The Balaban J connectivity index is 3.94. The SMILES string of the molecule is CCCCCCCCCCCCCCCCOC(CCN)(OCCCCCCCCCC)C(N)CC. The predicted octanol–water partition coefficient (Wildman–Crippen LogP) is 9.42. The van der Waals surface area contributed by atoms with E-state index in [0.717, 1.165) is 32.5 Å². The van der Waals surface area contributed by atoms with Crippen molar-refractivity contribution < 1.29 is 9.47 Å². The summed E-state index contributed by atoms with van der Waals surface area (Å²) in [7, 11) is 0. The van der Waals surface area contributed by atoms with Gasteiger partial charge in [0.1, 0.15) is 0 Å². The molecule has 0 amide bonds. The van der Waals surface area contributed by atoms with E-state index in [-0.39, 0.29) is 6.04 Å². The van der Waals surface area contributed by atoms with Gasteiger partial charge in [-0.2, -0.15) is 0 Å². The summed E-state index contributed by atoms with van der Waals surface area (Å²) in [5, 5.41) is 0. The maximum Gasteiger partial charge on any atom is 0.184 e. The molecule has 0 aromatic heterocycles. The molecule has 2 atom stereocenters. The highest BCUT2D eigenvalue weighted by molar-refractivity contribution is 4.83. The van der Waals surface area contributed by atoms with Crippen molar-refractivity contribution in [3.05, 3.63) is 0 Å². The molecule has 218 valence electrons. The largest absolute Gasteiger partial charge is 0.348 e. The molecule has 0 aliphatic carbocycles. The molecule has 0 aliphatic heterocycles. The summed E-state index contributed by atoms with van der Waals surface area (Å²) in [6, 6.07) is -0.123. The van der Waals surface area contributed by atoms with Gasteiger partial charge in [-0.05, 0) is 25.8 Å². The first-order valence-corrected chi connectivity index (χ1v) is 16.4. The third kappa shape index (κ3) is 20.8. The fourth-order valence-electron chi connectivity index (χ4n) is 5.12. The standard InChI is InChI=1S/C32H68N2O2/c1-4-7-9-11-13-15-16-17-18-19-20-22-24-26-30-36-32(27-28-33,31(34)6-3)35-29-25-23-21-14-12-10-8-5-2/h31H,4-30,33-34H2,1-3H3. The Hall–Kier alpha value is -0.160. The second-order valence-corrected chi connectivity index (χ2v) is 11.1. The zero-order valence-electron chi connectivity index (χ0n) is 25.1. The zero-order valence-corrected chi connectivity index (χ0v) is 25.1. The summed E-state index contributed by atoms with van der Waals surface area (Å²) < 4.78 is 12.7. The van der Waals surface area contributed by atoms with Gasteiger partial charge >= 0.3 is 0 Å². The number of hydrogen-bond acceptors (Lipinski definition) is 4. The number of nitrogens with two attached hydrogens (primary N) is 2. The van der Waals surface area contributed by atoms with Crippen LogP contribution < -0.4 is 11.5 Å². The van der Waals surface area contributed by atoms with Gasteiger partial charge in [-0.1, -0.05) is 149 Å². The van der Waals surface area contributed by atoms with E-state index in [2.05, 4.69) is 20.8 Å². The van der Waals surface area contributed by atoms with Crippen LogP contribution in [0.25, 0.3) is 0 Å². The summed E-state index contributed by atoms with van der Waals surface area (Å²) in [6.45, 7) is 8.67. The maximum absolute atomic E-state index is 6.50. The van der Waals surface area contributed by atoms with E-state index in [4.69, 9.17) is 20.9 Å². The fraction of sp³-hybridized carbons (Fsp3) is 1.00. The number of unbranched alkanes of at least 4 members (excludes halogenated alkanes) is 20. The first-order valence-electron chi connectivity index (χ1n) is 16.4. The minimum Gasteiger partial charge on any atom is -0.348 e. The second kappa shape index (κ2) is 27.9. The molecule has 0 aromatic rings. The Labute approximate surface area is 227 Å². The molecule has 4 heteroatoms. The smallest absolute Gasteiger partial charge is 0.184 e. The first kappa shape index (κ1) is 35.8. The molecule has 0 saturated carbocycles. The first-order chi connectivity index (χ1) is 17.7. The molecule has 2 unspecified atom stereocenters. The van der Waals surface area contributed by atoms with Crippen LogP contribution in [0.3, 0.4) is 0 Å². The number of hydrogen-bond donors (Lipinski definition) is 2. The summed E-state index contributed by atoms with van der Waals surface area (Å²) >= 11 is 0. The van der Waals surface area contributed by atoms with E-state index in [1.165, 1.54) is 128 Å². The molecule has 0 fully saturated rings. The molecular weight excluding hydrogens is 444 g/mol. The van der Waals surface area contributed by atoms with Crippen molar-refractivity contribution in [1.29, 1.82) is 0 Å². The quantitative estimate of drug-likeness (QED) is 0.0742. The summed E-state index contributed by atoms with van der Waals surface area (Å²) in [5.41, 5.74) is 12.5. The minimum atomic E-state index is -0.707. The molecule has 0 aliphatic rings. The van der Waals surface area contributed by atoms with Crippen molar-refractivity contribution in [3.8, 4) is 0 Å². The van der Waals surface area contributed by atoms with Gasteiger partial charge in [0.05, 0.1) is 19.3 Å². The van der Waals surface area contributed by atoms with Crippen LogP contribution in [-0.4, -0.2) is 31.6 Å². The average molecular weight is 513 g/mol. The van der Waals surface area contributed by atoms with Gasteiger partial charge in [0, 0.05) is 6.42 Å². The molecular formula is C32H68N2O2. The van der Waals surface area contributed by atoms with E-state index in [1.54, 1.807) is 0 Å². The molecule has 0 saturated heterocycles. The van der Waals surface area contributed by atoms with Gasteiger partial charge in [-0.15, -0.1) is 0 Å². The fourth-order valence-corrected chi connectivity index (χ4v) is 5.12. The molecule has 0 spiro atoms. The van der Waals surface area contributed by atoms with Crippen molar-refractivity contribution >= 4 is 0 Å². The Morgan fingerprint density at radius 3 is 1.08 bits per heavy atom. The van der Waals surface area contributed by atoms with E-state index in [1.807, 2.05) is 0 Å². The van der Waals surface area contributed by atoms with Crippen molar-refractivity contribution in [2.75, 3.05) is 19.8 Å². The van der Waals surface area contributed by atoms with Crippen molar-refractivity contribution in [2.24, 2.45) is 11.5 Å². The van der Waals surface area contributed by atoms with Crippen LogP contribution in [0.1, 0.15) is 175 Å². The molecule has 4 N–H and O–H groups in total. The Bertz CT molecular complexity index is 421. The van der Waals surface area contributed by atoms with Crippen LogP contribution in [0.15, 0.2) is 0 Å². The summed E-state index contributed by atoms with van der Waals surface area (Å²) in [4.78, 5) is 0. The predicted molar refractivity (Wildman–Crippen MR) is 159 cm³/mol. The molecule has 0 bridgehead atoms. The number of rotatable bonds is 30. The highest BCUT2D eigenvalue weighted by atomic mass is 16.7. The van der Waals surface area contributed by atoms with Gasteiger partial charge in [0.25, 0.3) is 0 Å². The van der Waals surface area contributed by atoms with E-state index >= 15 is 0 Å². The van der Waals surface area contributed by atoms with Crippen LogP contribution in [-0.2, 0) is 9.47 Å². The lowest BCUT2D eigenvalue weighted by Gasteiger charge is -2.38. The Morgan fingerprint density at radius 2 is 0.806 bits per heavy atom. The second-order valence-electron chi connectivity index (χ2n) is 11.1. The maximum atomic E-state index is 6.50. The van der Waals surface area contributed by atoms with Crippen LogP contribution in [0.5, 0.6) is 0 Å². The van der Waals surface area contributed by atoms with Gasteiger partial charge in [0.2, 0.25) is 0 Å². The highest BCUT2D eigenvalue weighted by Crippen LogP contribution is 2.25. The van der Waals surface area contributed by atoms with Crippen molar-refractivity contribution in [3.63, 3.8) is 0 Å². The van der Waals surface area contributed by atoms with Crippen molar-refractivity contribution in [1.82, 2.24) is 0 Å². The Kier molecular flexibility index (Phi) is 27.7. The van der Waals surface area contributed by atoms with Crippen LogP contribution in [0.2, 0.25) is 0 Å². The topological polar surface area (TPSA) is 70.5 Å². The molecule has 0 aromatic carbocycles. The molecule has 36 heavy (non-hydrogen) atoms. The van der Waals surface area contributed by atoms with Crippen molar-refractivity contribution in [2.45, 2.75) is 187 Å². The van der Waals surface area contributed by atoms with Crippen LogP contribution in [0.4, 0.5) is 0 Å². The normalized spacial score (nSPS) is 14.2. The zero-order chi connectivity index (χ0) is 26.6. The van der Waals surface area contributed by atoms with Gasteiger partial charge in [-0.3, -0.25) is 0 Å². The lowest BCUT2D eigenvalue weighted by atomic mass is 10.0. The lowest BCUT2D eigenvalue weighted by molar-refractivity contribution is -0.253. The molecule has 0 rings (SSSR count). The number of ether oxygens (including phenoxy) is 2. The summed E-state index contributed by atoms with van der Waals surface area (Å²) in [5.74, 6) is -0.707. The summed E-state index contributed by atoms with van der Waals surface area (Å²) in [6.07, 6.45) is 31.0. The average Bonchev–Trinajstić information content (AvgIpc) is 2.89. The lowest BCUT2D eigenvalue weighted by Crippen LogP contribution is -2.53. The third-order valence-electron chi connectivity index (χ3n) is 7.69.